The van der Waals surface area contributed by atoms with Gasteiger partial charge in [-0.15, -0.1) is 0 Å². The van der Waals surface area contributed by atoms with Crippen LogP contribution in [-0.4, -0.2) is 20.2 Å². The van der Waals surface area contributed by atoms with Gasteiger partial charge in [-0.05, 0) is 30.7 Å². The molecule has 1 N–H and O–H groups in total. The number of imidazole rings is 1. The van der Waals surface area contributed by atoms with Crippen LogP contribution >= 0.6 is 0 Å². The van der Waals surface area contributed by atoms with Gasteiger partial charge in [-0.1, -0.05) is 36.4 Å². The zero-order valence-electron chi connectivity index (χ0n) is 15.7. The molecule has 0 aliphatic carbocycles. The zero-order chi connectivity index (χ0) is 20.4. The second kappa shape index (κ2) is 7.55. The van der Waals surface area contributed by atoms with Crippen LogP contribution in [-0.2, 0) is 11.2 Å². The third-order valence-electron chi connectivity index (χ3n) is 4.58. The van der Waals surface area contributed by atoms with Crippen LogP contribution in [0, 0.1) is 17.0 Å². The molecule has 7 heteroatoms. The number of nitrogens with zero attached hydrogens (tertiary/aromatic N) is 3. The van der Waals surface area contributed by atoms with Crippen molar-refractivity contribution < 1.29 is 9.72 Å². The summed E-state index contributed by atoms with van der Waals surface area (Å²) < 4.78 is 1.96. The minimum Gasteiger partial charge on any atom is -0.326 e. The van der Waals surface area contributed by atoms with E-state index in [9.17, 15) is 14.9 Å². The minimum absolute atomic E-state index is 0.0589. The Labute approximate surface area is 166 Å². The number of pyridine rings is 1. The van der Waals surface area contributed by atoms with Gasteiger partial charge in [0.25, 0.3) is 5.69 Å². The zero-order valence-corrected chi connectivity index (χ0v) is 15.7. The van der Waals surface area contributed by atoms with E-state index in [-0.39, 0.29) is 18.0 Å². The topological polar surface area (TPSA) is 89.5 Å². The summed E-state index contributed by atoms with van der Waals surface area (Å²) in [4.78, 5) is 27.7. The molecule has 0 atom stereocenters. The van der Waals surface area contributed by atoms with Gasteiger partial charge >= 0.3 is 0 Å². The van der Waals surface area contributed by atoms with E-state index in [1.165, 1.54) is 6.07 Å². The van der Waals surface area contributed by atoms with E-state index in [1.807, 2.05) is 54.0 Å². The Morgan fingerprint density at radius 2 is 1.93 bits per heavy atom. The number of carbonyl (C=O) groups excluding carboxylic acids is 1. The molecule has 0 aliphatic rings. The van der Waals surface area contributed by atoms with Crippen LogP contribution < -0.4 is 5.32 Å². The predicted molar refractivity (Wildman–Crippen MR) is 111 cm³/mol. The predicted octanol–water partition coefficient (Wildman–Crippen LogP) is 4.40. The summed E-state index contributed by atoms with van der Waals surface area (Å²) in [6, 6.07) is 17.6. The highest BCUT2D eigenvalue weighted by Crippen LogP contribution is 2.24. The third-order valence-corrected chi connectivity index (χ3v) is 4.58. The highest BCUT2D eigenvalue weighted by molar-refractivity contribution is 5.93. The van der Waals surface area contributed by atoms with Crippen LogP contribution in [0.2, 0.25) is 0 Å². The smallest absolute Gasteiger partial charge is 0.273 e. The minimum atomic E-state index is -0.478. The van der Waals surface area contributed by atoms with Crippen molar-refractivity contribution in [1.82, 2.24) is 9.38 Å². The molecule has 4 aromatic rings. The van der Waals surface area contributed by atoms with E-state index in [1.54, 1.807) is 24.3 Å². The first kappa shape index (κ1) is 18.4. The normalized spacial score (nSPS) is 10.8. The van der Waals surface area contributed by atoms with E-state index in [4.69, 9.17) is 0 Å². The molecule has 1 amide bonds. The van der Waals surface area contributed by atoms with E-state index in [0.717, 1.165) is 22.5 Å². The first-order valence-corrected chi connectivity index (χ1v) is 9.07. The molecule has 2 heterocycles. The lowest BCUT2D eigenvalue weighted by Crippen LogP contribution is -2.15. The van der Waals surface area contributed by atoms with Gasteiger partial charge in [0.05, 0.1) is 17.0 Å². The van der Waals surface area contributed by atoms with E-state index < -0.39 is 4.92 Å². The highest BCUT2D eigenvalue weighted by Gasteiger charge is 2.15. The monoisotopic (exact) mass is 386 g/mol. The number of hydrogen-bond acceptors (Lipinski definition) is 4. The Bertz CT molecular complexity index is 1230. The Morgan fingerprint density at radius 3 is 2.76 bits per heavy atom. The van der Waals surface area contributed by atoms with Gasteiger partial charge in [-0.2, -0.15) is 0 Å². The molecule has 0 bridgehead atoms. The van der Waals surface area contributed by atoms with Crippen LogP contribution in [0.5, 0.6) is 0 Å². The summed E-state index contributed by atoms with van der Waals surface area (Å²) in [7, 11) is 0. The van der Waals surface area contributed by atoms with Crippen molar-refractivity contribution in [3.63, 3.8) is 0 Å². The lowest BCUT2D eigenvalue weighted by atomic mass is 10.1. The first-order valence-electron chi connectivity index (χ1n) is 9.07. The molecule has 0 unspecified atom stereocenters. The van der Waals surface area contributed by atoms with Crippen molar-refractivity contribution in [2.45, 2.75) is 13.3 Å². The van der Waals surface area contributed by atoms with Gasteiger partial charge in [0, 0.05) is 35.3 Å². The van der Waals surface area contributed by atoms with Crippen LogP contribution in [0.1, 0.15) is 11.1 Å². The van der Waals surface area contributed by atoms with E-state index >= 15 is 0 Å². The number of nitro groups is 1. The number of hydrogen-bond donors (Lipinski definition) is 1. The van der Waals surface area contributed by atoms with Gasteiger partial charge < -0.3 is 9.72 Å². The van der Waals surface area contributed by atoms with Crippen molar-refractivity contribution in [3.8, 4) is 11.3 Å². The summed E-state index contributed by atoms with van der Waals surface area (Å²) in [6.45, 7) is 2.02. The number of anilines is 1. The van der Waals surface area contributed by atoms with Gasteiger partial charge in [0.15, 0.2) is 0 Å². The number of amides is 1. The van der Waals surface area contributed by atoms with Crippen LogP contribution in [0.25, 0.3) is 16.9 Å². The standard InChI is InChI=1S/C22H18N4O3/c1-15-9-10-21-24-19(14-25(21)13-15)16-6-4-7-18(11-16)23-22(27)12-17-5-2-3-8-20(17)26(28)29/h2-11,13-14H,12H2,1H3,(H,23,27). The molecule has 0 spiro atoms. The number of aromatic nitrogens is 2. The Kier molecular flexibility index (Phi) is 4.78. The Morgan fingerprint density at radius 1 is 1.10 bits per heavy atom. The molecule has 0 aliphatic heterocycles. The number of aryl methyl sites for hydroxylation is 1. The van der Waals surface area contributed by atoms with Crippen LogP contribution in [0.4, 0.5) is 11.4 Å². The molecule has 0 saturated carbocycles. The summed E-state index contributed by atoms with van der Waals surface area (Å²) in [5.74, 6) is -0.318. The van der Waals surface area contributed by atoms with Crippen molar-refractivity contribution in [1.29, 1.82) is 0 Å². The number of nitrogens with one attached hydrogen (secondary N) is 1. The summed E-state index contributed by atoms with van der Waals surface area (Å²) in [5, 5.41) is 13.9. The summed E-state index contributed by atoms with van der Waals surface area (Å²) in [6.07, 6.45) is 3.87. The lowest BCUT2D eigenvalue weighted by molar-refractivity contribution is -0.385. The number of carbonyl (C=O) groups is 1. The fourth-order valence-corrected chi connectivity index (χ4v) is 3.21. The van der Waals surface area contributed by atoms with Gasteiger partial charge in [-0.25, -0.2) is 4.98 Å². The molecular formula is C22H18N4O3. The van der Waals surface area contributed by atoms with Gasteiger partial charge in [0.2, 0.25) is 5.91 Å². The van der Waals surface area contributed by atoms with Gasteiger partial charge in [0.1, 0.15) is 5.65 Å². The molecule has 7 nitrogen and oxygen atoms in total. The Hall–Kier alpha value is -4.00. The number of fused-ring (bicyclic) bond motifs is 1. The molecular weight excluding hydrogens is 368 g/mol. The molecule has 144 valence electrons. The number of rotatable bonds is 5. The van der Waals surface area contributed by atoms with Crippen molar-refractivity contribution in [2.75, 3.05) is 5.32 Å². The second-order valence-electron chi connectivity index (χ2n) is 6.79. The average molecular weight is 386 g/mol. The molecule has 2 aromatic heterocycles. The van der Waals surface area contributed by atoms with Gasteiger partial charge in [-0.3, -0.25) is 14.9 Å². The average Bonchev–Trinajstić information content (AvgIpc) is 3.11. The summed E-state index contributed by atoms with van der Waals surface area (Å²) in [5.41, 5.74) is 4.58. The number of para-hydroxylation sites is 1. The molecule has 2 aromatic carbocycles. The van der Waals surface area contributed by atoms with E-state index in [2.05, 4.69) is 10.3 Å². The third kappa shape index (κ3) is 3.98. The largest absolute Gasteiger partial charge is 0.326 e. The lowest BCUT2D eigenvalue weighted by Gasteiger charge is -2.07. The molecule has 4 rings (SSSR count). The quantitative estimate of drug-likeness (QED) is 0.407. The fraction of sp³-hybridized carbons (Fsp3) is 0.0909. The number of nitro benzene ring substituents is 1. The molecule has 0 saturated heterocycles. The summed E-state index contributed by atoms with van der Waals surface area (Å²) >= 11 is 0. The van der Waals surface area contributed by atoms with Crippen LogP contribution in [0.15, 0.2) is 73.1 Å². The first-order chi connectivity index (χ1) is 14.0. The molecule has 29 heavy (non-hydrogen) atoms. The van der Waals surface area contributed by atoms with Crippen molar-refractivity contribution >= 4 is 22.9 Å². The number of benzene rings is 2. The van der Waals surface area contributed by atoms with Crippen LogP contribution in [0.3, 0.4) is 0 Å². The van der Waals surface area contributed by atoms with Crippen molar-refractivity contribution in [3.05, 3.63) is 94.3 Å². The maximum Gasteiger partial charge on any atom is 0.273 e. The fourth-order valence-electron chi connectivity index (χ4n) is 3.21. The maximum absolute atomic E-state index is 12.4. The van der Waals surface area contributed by atoms with E-state index in [0.29, 0.717) is 11.3 Å². The highest BCUT2D eigenvalue weighted by atomic mass is 16.6. The second-order valence-corrected chi connectivity index (χ2v) is 6.79. The SMILES string of the molecule is Cc1ccc2nc(-c3cccc(NC(=O)Cc4ccccc4[N+](=O)[O-])c3)cn2c1. The maximum atomic E-state index is 12.4. The molecule has 0 radical (unpaired) electrons. The van der Waals surface area contributed by atoms with Crippen molar-refractivity contribution in [2.24, 2.45) is 0 Å². The molecule has 0 fully saturated rings. The Balaban J connectivity index is 1.54.